The lowest BCUT2D eigenvalue weighted by molar-refractivity contribution is -0.0183. The van der Waals surface area contributed by atoms with E-state index in [9.17, 15) is 5.11 Å². The lowest BCUT2D eigenvalue weighted by Gasteiger charge is -2.37. The van der Waals surface area contributed by atoms with Crippen molar-refractivity contribution >= 4 is 10.9 Å². The number of aromatic nitrogens is 1. The smallest absolute Gasteiger partial charge is 0.131 e. The topological polar surface area (TPSA) is 45.2 Å². The van der Waals surface area contributed by atoms with Crippen molar-refractivity contribution in [3.63, 3.8) is 0 Å². The zero-order chi connectivity index (χ0) is 10.3. The quantitative estimate of drug-likeness (QED) is 0.722. The van der Waals surface area contributed by atoms with E-state index in [1.54, 1.807) is 0 Å². The number of para-hydroxylation sites is 1. The molecule has 2 aromatic rings. The second-order valence-corrected chi connectivity index (χ2v) is 4.02. The predicted molar refractivity (Wildman–Crippen MR) is 58.5 cm³/mol. The van der Waals surface area contributed by atoms with Crippen LogP contribution in [-0.4, -0.2) is 23.2 Å². The molecular weight excluding hydrogens is 188 g/mol. The molecule has 1 aliphatic heterocycles. The van der Waals surface area contributed by atoms with Crippen LogP contribution in [-0.2, 0) is 5.60 Å². The fraction of sp³-hybridized carbons (Fsp3) is 0.250. The Bertz CT molecular complexity index is 506. The van der Waals surface area contributed by atoms with Gasteiger partial charge >= 0.3 is 0 Å². The Kier molecular flexibility index (Phi) is 1.78. The van der Waals surface area contributed by atoms with Crippen molar-refractivity contribution in [3.8, 4) is 0 Å². The molecule has 0 saturated carbocycles. The van der Waals surface area contributed by atoms with E-state index in [0.29, 0.717) is 13.1 Å². The third-order valence-electron chi connectivity index (χ3n) is 2.91. The highest BCUT2D eigenvalue weighted by atomic mass is 16.3. The van der Waals surface area contributed by atoms with Gasteiger partial charge in [0, 0.05) is 18.5 Å². The summed E-state index contributed by atoms with van der Waals surface area (Å²) in [6.45, 7) is 1.19. The summed E-state index contributed by atoms with van der Waals surface area (Å²) in [7, 11) is 0. The molecule has 0 unspecified atom stereocenters. The molecule has 3 heteroatoms. The average Bonchev–Trinajstić information content (AvgIpc) is 2.25. The standard InChI is InChI=1S/C12H12N2O/c15-12(7-13-8-12)11-6-5-9-3-1-2-4-10(9)14-11/h1-6,13,15H,7-8H2. The van der Waals surface area contributed by atoms with E-state index in [1.165, 1.54) is 0 Å². The highest BCUT2D eigenvalue weighted by Crippen LogP contribution is 2.25. The van der Waals surface area contributed by atoms with Crippen LogP contribution in [0.4, 0.5) is 0 Å². The molecule has 2 N–H and O–H groups in total. The van der Waals surface area contributed by atoms with Crippen molar-refractivity contribution in [2.45, 2.75) is 5.60 Å². The number of β-amino-alcohol motifs (C(OH)–C–C–N with tert-alkyl or cyclic N) is 1. The van der Waals surface area contributed by atoms with Gasteiger partial charge in [-0.25, -0.2) is 4.98 Å². The number of benzene rings is 1. The number of nitrogens with one attached hydrogen (secondary N) is 1. The Labute approximate surface area is 87.8 Å². The summed E-state index contributed by atoms with van der Waals surface area (Å²) >= 11 is 0. The molecular formula is C12H12N2O. The maximum atomic E-state index is 10.1. The van der Waals surface area contributed by atoms with Crippen LogP contribution in [0.1, 0.15) is 5.69 Å². The molecule has 0 radical (unpaired) electrons. The van der Waals surface area contributed by atoms with Gasteiger partial charge in [-0.15, -0.1) is 0 Å². The average molecular weight is 200 g/mol. The number of aliphatic hydroxyl groups is 1. The van der Waals surface area contributed by atoms with Crippen molar-refractivity contribution < 1.29 is 5.11 Å². The lowest BCUT2D eigenvalue weighted by Crippen LogP contribution is -2.57. The van der Waals surface area contributed by atoms with Gasteiger partial charge in [-0.05, 0) is 12.1 Å². The number of nitrogens with zero attached hydrogens (tertiary/aromatic N) is 1. The second kappa shape index (κ2) is 3.02. The minimum atomic E-state index is -0.760. The van der Waals surface area contributed by atoms with Crippen molar-refractivity contribution in [1.29, 1.82) is 0 Å². The van der Waals surface area contributed by atoms with Crippen molar-refractivity contribution in [2.24, 2.45) is 0 Å². The van der Waals surface area contributed by atoms with E-state index >= 15 is 0 Å². The molecule has 0 amide bonds. The SMILES string of the molecule is OC1(c2ccc3ccccc3n2)CNC1. The fourth-order valence-electron chi connectivity index (χ4n) is 1.87. The Balaban J connectivity index is 2.14. The summed E-state index contributed by atoms with van der Waals surface area (Å²) in [5, 5.41) is 14.3. The summed E-state index contributed by atoms with van der Waals surface area (Å²) in [6.07, 6.45) is 0. The first-order chi connectivity index (χ1) is 7.28. The van der Waals surface area contributed by atoms with Crippen LogP contribution in [0.25, 0.3) is 10.9 Å². The molecule has 1 aliphatic rings. The first-order valence-corrected chi connectivity index (χ1v) is 5.07. The van der Waals surface area contributed by atoms with Crippen LogP contribution in [0.3, 0.4) is 0 Å². The molecule has 1 fully saturated rings. The fourth-order valence-corrected chi connectivity index (χ4v) is 1.87. The van der Waals surface area contributed by atoms with E-state index in [4.69, 9.17) is 0 Å². The van der Waals surface area contributed by atoms with E-state index in [-0.39, 0.29) is 0 Å². The van der Waals surface area contributed by atoms with Crippen LogP contribution < -0.4 is 5.32 Å². The van der Waals surface area contributed by atoms with Gasteiger partial charge < -0.3 is 10.4 Å². The molecule has 15 heavy (non-hydrogen) atoms. The van der Waals surface area contributed by atoms with Crippen LogP contribution >= 0.6 is 0 Å². The molecule has 3 rings (SSSR count). The van der Waals surface area contributed by atoms with E-state index in [1.807, 2.05) is 36.4 Å². The second-order valence-electron chi connectivity index (χ2n) is 4.02. The molecule has 0 atom stereocenters. The summed E-state index contributed by atoms with van der Waals surface area (Å²) in [5.74, 6) is 0. The summed E-state index contributed by atoms with van der Waals surface area (Å²) in [5.41, 5.74) is 0.944. The Morgan fingerprint density at radius 2 is 1.93 bits per heavy atom. The van der Waals surface area contributed by atoms with Gasteiger partial charge in [-0.2, -0.15) is 0 Å². The van der Waals surface area contributed by atoms with Crippen LogP contribution in [0.5, 0.6) is 0 Å². The third kappa shape index (κ3) is 1.32. The molecule has 0 spiro atoms. The lowest BCUT2D eigenvalue weighted by atomic mass is 9.92. The van der Waals surface area contributed by atoms with Gasteiger partial charge in [-0.3, -0.25) is 0 Å². The van der Waals surface area contributed by atoms with Crippen molar-refractivity contribution in [3.05, 3.63) is 42.1 Å². The molecule has 0 aliphatic carbocycles. The monoisotopic (exact) mass is 200 g/mol. The first-order valence-electron chi connectivity index (χ1n) is 5.07. The van der Waals surface area contributed by atoms with Gasteiger partial charge in [0.15, 0.2) is 0 Å². The van der Waals surface area contributed by atoms with Gasteiger partial charge in [-0.1, -0.05) is 24.3 Å². The first kappa shape index (κ1) is 8.83. The van der Waals surface area contributed by atoms with E-state index < -0.39 is 5.60 Å². The minimum Gasteiger partial charge on any atom is -0.381 e. The summed E-state index contributed by atoms with van der Waals surface area (Å²) < 4.78 is 0. The highest BCUT2D eigenvalue weighted by Gasteiger charge is 2.37. The largest absolute Gasteiger partial charge is 0.381 e. The normalized spacial score (nSPS) is 18.7. The summed E-state index contributed by atoms with van der Waals surface area (Å²) in [6, 6.07) is 11.9. The van der Waals surface area contributed by atoms with Gasteiger partial charge in [0.2, 0.25) is 0 Å². The molecule has 1 aromatic heterocycles. The van der Waals surface area contributed by atoms with Crippen molar-refractivity contribution in [2.75, 3.05) is 13.1 Å². The number of pyridine rings is 1. The molecule has 3 nitrogen and oxygen atoms in total. The zero-order valence-corrected chi connectivity index (χ0v) is 8.27. The number of fused-ring (bicyclic) bond motifs is 1. The van der Waals surface area contributed by atoms with Crippen LogP contribution in [0.15, 0.2) is 36.4 Å². The molecule has 2 heterocycles. The molecule has 0 bridgehead atoms. The van der Waals surface area contributed by atoms with E-state index in [0.717, 1.165) is 16.6 Å². The number of hydrogen-bond acceptors (Lipinski definition) is 3. The van der Waals surface area contributed by atoms with E-state index in [2.05, 4.69) is 10.3 Å². The Hall–Kier alpha value is -1.45. The predicted octanol–water partition coefficient (Wildman–Crippen LogP) is 1.03. The van der Waals surface area contributed by atoms with Crippen LogP contribution in [0, 0.1) is 0 Å². The molecule has 76 valence electrons. The molecule has 1 saturated heterocycles. The maximum absolute atomic E-state index is 10.1. The third-order valence-corrected chi connectivity index (χ3v) is 2.91. The highest BCUT2D eigenvalue weighted by molar-refractivity contribution is 5.78. The minimum absolute atomic E-state index is 0.596. The number of hydrogen-bond donors (Lipinski definition) is 2. The Morgan fingerprint density at radius 1 is 1.13 bits per heavy atom. The maximum Gasteiger partial charge on any atom is 0.131 e. The van der Waals surface area contributed by atoms with Crippen molar-refractivity contribution in [1.82, 2.24) is 10.3 Å². The van der Waals surface area contributed by atoms with Gasteiger partial charge in [0.25, 0.3) is 0 Å². The van der Waals surface area contributed by atoms with Crippen LogP contribution in [0.2, 0.25) is 0 Å². The Morgan fingerprint density at radius 3 is 2.67 bits per heavy atom. The zero-order valence-electron chi connectivity index (χ0n) is 8.27. The molecule has 1 aromatic carbocycles. The summed E-state index contributed by atoms with van der Waals surface area (Å²) in [4.78, 5) is 4.48. The van der Waals surface area contributed by atoms with Gasteiger partial charge in [0.05, 0.1) is 11.2 Å². The van der Waals surface area contributed by atoms with Gasteiger partial charge in [0.1, 0.15) is 5.60 Å². The number of rotatable bonds is 1.